The van der Waals surface area contributed by atoms with E-state index in [0.717, 1.165) is 22.4 Å². The molecule has 0 spiro atoms. The molecule has 0 saturated carbocycles. The van der Waals surface area contributed by atoms with E-state index in [1.54, 1.807) is 51.2 Å². The van der Waals surface area contributed by atoms with Crippen LogP contribution in [0.5, 0.6) is 5.75 Å². The number of carbonyl (C=O) groups is 4. The smallest absolute Gasteiger partial charge is 0.405 e. The molecule has 56 heavy (non-hydrogen) atoms. The van der Waals surface area contributed by atoms with Crippen LogP contribution in [0.3, 0.4) is 0 Å². The van der Waals surface area contributed by atoms with Gasteiger partial charge >= 0.3 is 6.09 Å². The minimum absolute atomic E-state index is 0.00685. The Bertz CT molecular complexity index is 1860. The molecule has 0 fully saturated rings. The zero-order chi connectivity index (χ0) is 40.9. The molecule has 0 saturated heterocycles. The SMILES string of the molecule is CC(C)(C)[C@H](NC(=O)O)C(=O)N[C@@H](Cc1ccc(-c2ccccn2)cc1)C[C@H](O)[C@H](Cc1ccccc1)NC(=O)[C@@H](NC(=O)COc1ccccc1)C(C)(C)C. The van der Waals surface area contributed by atoms with Crippen LogP contribution in [0.15, 0.2) is 109 Å². The Morgan fingerprint density at radius 3 is 1.79 bits per heavy atom. The Hall–Kier alpha value is -5.75. The third-order valence-electron chi connectivity index (χ3n) is 9.30. The summed E-state index contributed by atoms with van der Waals surface area (Å²) in [5.41, 5.74) is 1.95. The first-order chi connectivity index (χ1) is 26.5. The van der Waals surface area contributed by atoms with E-state index in [1.807, 2.05) is 99.6 Å². The number of benzene rings is 3. The van der Waals surface area contributed by atoms with Crippen molar-refractivity contribution in [1.29, 1.82) is 0 Å². The van der Waals surface area contributed by atoms with Crippen molar-refractivity contribution in [1.82, 2.24) is 26.3 Å². The maximum atomic E-state index is 14.1. The molecule has 0 aliphatic rings. The van der Waals surface area contributed by atoms with Crippen LogP contribution in [-0.2, 0) is 27.2 Å². The van der Waals surface area contributed by atoms with Crippen LogP contribution in [-0.4, -0.2) is 75.9 Å². The van der Waals surface area contributed by atoms with Gasteiger partial charge in [-0.05, 0) is 65.5 Å². The summed E-state index contributed by atoms with van der Waals surface area (Å²) in [4.78, 5) is 57.1. The lowest BCUT2D eigenvalue weighted by atomic mass is 9.85. The monoisotopic (exact) mass is 765 g/mol. The predicted molar refractivity (Wildman–Crippen MR) is 216 cm³/mol. The molecule has 3 aromatic carbocycles. The molecular formula is C44H55N5O7. The molecule has 4 aromatic rings. The molecule has 1 aromatic heterocycles. The Labute approximate surface area is 329 Å². The molecule has 6 N–H and O–H groups in total. The van der Waals surface area contributed by atoms with Crippen LogP contribution >= 0.6 is 0 Å². The van der Waals surface area contributed by atoms with Gasteiger partial charge in [0.1, 0.15) is 17.8 Å². The van der Waals surface area contributed by atoms with Crippen LogP contribution in [0.4, 0.5) is 4.79 Å². The van der Waals surface area contributed by atoms with Gasteiger partial charge in [-0.2, -0.15) is 0 Å². The lowest BCUT2D eigenvalue weighted by Gasteiger charge is -2.35. The minimum Gasteiger partial charge on any atom is -0.484 e. The van der Waals surface area contributed by atoms with Crippen molar-refractivity contribution in [2.24, 2.45) is 10.8 Å². The summed E-state index contributed by atoms with van der Waals surface area (Å²) < 4.78 is 5.61. The highest BCUT2D eigenvalue weighted by atomic mass is 16.5. The zero-order valence-corrected chi connectivity index (χ0v) is 33.0. The van der Waals surface area contributed by atoms with E-state index >= 15 is 0 Å². The number of ether oxygens (including phenoxy) is 1. The highest BCUT2D eigenvalue weighted by molar-refractivity contribution is 5.89. The van der Waals surface area contributed by atoms with E-state index in [1.165, 1.54) is 0 Å². The number of aromatic nitrogens is 1. The molecule has 298 valence electrons. The molecule has 12 nitrogen and oxygen atoms in total. The molecule has 0 radical (unpaired) electrons. The van der Waals surface area contributed by atoms with E-state index in [0.29, 0.717) is 12.2 Å². The number of aliphatic hydroxyl groups excluding tert-OH is 1. The number of nitrogens with one attached hydrogen (secondary N) is 4. The first kappa shape index (κ1) is 43.0. The summed E-state index contributed by atoms with van der Waals surface area (Å²) in [6.45, 7) is 10.5. The van der Waals surface area contributed by atoms with Gasteiger partial charge < -0.3 is 36.2 Å². The summed E-state index contributed by atoms with van der Waals surface area (Å²) in [6.07, 6.45) is -0.248. The van der Waals surface area contributed by atoms with E-state index in [4.69, 9.17) is 4.74 Å². The van der Waals surface area contributed by atoms with Gasteiger partial charge in [0.15, 0.2) is 6.61 Å². The Morgan fingerprint density at radius 1 is 0.661 bits per heavy atom. The summed E-state index contributed by atoms with van der Waals surface area (Å²) >= 11 is 0. The number of carbonyl (C=O) groups excluding carboxylic acids is 3. The van der Waals surface area contributed by atoms with Gasteiger partial charge in [0.05, 0.1) is 17.8 Å². The third-order valence-corrected chi connectivity index (χ3v) is 9.30. The van der Waals surface area contributed by atoms with Crippen molar-refractivity contribution in [2.75, 3.05) is 6.61 Å². The number of para-hydroxylation sites is 1. The number of pyridine rings is 1. The number of hydrogen-bond donors (Lipinski definition) is 6. The summed E-state index contributed by atoms with van der Waals surface area (Å²) in [6, 6.07) is 28.1. The number of aliphatic hydroxyl groups is 1. The fourth-order valence-corrected chi connectivity index (χ4v) is 6.32. The van der Waals surface area contributed by atoms with Crippen LogP contribution in [0.2, 0.25) is 0 Å². The van der Waals surface area contributed by atoms with E-state index in [9.17, 15) is 29.4 Å². The fraction of sp³-hybridized carbons (Fsp3) is 0.386. The third kappa shape index (κ3) is 13.5. The predicted octanol–water partition coefficient (Wildman–Crippen LogP) is 5.55. The van der Waals surface area contributed by atoms with Crippen LogP contribution in [0.1, 0.15) is 59.1 Å². The molecule has 12 heteroatoms. The van der Waals surface area contributed by atoms with Gasteiger partial charge in [0.2, 0.25) is 11.8 Å². The summed E-state index contributed by atoms with van der Waals surface area (Å²) in [5.74, 6) is -0.998. The molecule has 5 atom stereocenters. The van der Waals surface area contributed by atoms with Gasteiger partial charge in [-0.3, -0.25) is 19.4 Å². The van der Waals surface area contributed by atoms with Crippen LogP contribution in [0.25, 0.3) is 11.3 Å². The second-order valence-electron chi connectivity index (χ2n) is 16.1. The highest BCUT2D eigenvalue weighted by Gasteiger charge is 2.37. The van der Waals surface area contributed by atoms with E-state index in [-0.39, 0.29) is 19.4 Å². The van der Waals surface area contributed by atoms with Crippen LogP contribution in [0, 0.1) is 10.8 Å². The van der Waals surface area contributed by atoms with Crippen molar-refractivity contribution < 1.29 is 34.1 Å². The standard InChI is InChI=1S/C44H55N5O7/c1-43(2,3)38(48-37(51)28-56-33-17-11-8-12-18-33)41(53)47-35(26-29-15-9-7-10-16-29)36(50)27-32(46-40(52)39(44(4,5)6)49-42(54)55)25-30-20-22-31(23-21-30)34-19-13-14-24-45-34/h7-24,32,35-36,38-39,49-50H,25-28H2,1-6H3,(H,46,52)(H,47,53)(H,48,51)(H,54,55)/t32-,35-,36-,38+,39+/m0/s1. The molecule has 0 unspecified atom stereocenters. The second-order valence-corrected chi connectivity index (χ2v) is 16.1. The highest BCUT2D eigenvalue weighted by Crippen LogP contribution is 2.24. The Kier molecular flexibility index (Phi) is 15.1. The first-order valence-corrected chi connectivity index (χ1v) is 18.8. The van der Waals surface area contributed by atoms with Gasteiger partial charge in [-0.1, -0.05) is 120 Å². The van der Waals surface area contributed by atoms with E-state index in [2.05, 4.69) is 26.3 Å². The van der Waals surface area contributed by atoms with Crippen molar-refractivity contribution in [3.05, 3.63) is 120 Å². The van der Waals surface area contributed by atoms with Gasteiger partial charge in [-0.15, -0.1) is 0 Å². The Balaban J connectivity index is 1.59. The average Bonchev–Trinajstić information content (AvgIpc) is 3.15. The topological polar surface area (TPSA) is 179 Å². The van der Waals surface area contributed by atoms with Crippen molar-refractivity contribution in [3.63, 3.8) is 0 Å². The van der Waals surface area contributed by atoms with Crippen molar-refractivity contribution in [3.8, 4) is 17.0 Å². The lowest BCUT2D eigenvalue weighted by molar-refractivity contribution is -0.133. The number of nitrogens with zero attached hydrogens (tertiary/aromatic N) is 1. The largest absolute Gasteiger partial charge is 0.484 e. The molecular weight excluding hydrogens is 711 g/mol. The number of amides is 4. The van der Waals surface area contributed by atoms with Gasteiger partial charge in [0, 0.05) is 17.8 Å². The first-order valence-electron chi connectivity index (χ1n) is 18.8. The summed E-state index contributed by atoms with van der Waals surface area (Å²) in [5, 5.41) is 32.7. The minimum atomic E-state index is -1.33. The molecule has 0 aliphatic carbocycles. The quantitative estimate of drug-likeness (QED) is 0.0811. The second kappa shape index (κ2) is 19.7. The van der Waals surface area contributed by atoms with Gasteiger partial charge in [-0.25, -0.2) is 4.79 Å². The Morgan fingerprint density at radius 2 is 1.21 bits per heavy atom. The molecule has 4 rings (SSSR count). The lowest BCUT2D eigenvalue weighted by Crippen LogP contribution is -2.59. The van der Waals surface area contributed by atoms with Gasteiger partial charge in [0.25, 0.3) is 5.91 Å². The number of hydrogen-bond acceptors (Lipinski definition) is 7. The zero-order valence-electron chi connectivity index (χ0n) is 33.0. The van der Waals surface area contributed by atoms with Crippen LogP contribution < -0.4 is 26.0 Å². The molecule has 1 heterocycles. The van der Waals surface area contributed by atoms with Crippen molar-refractivity contribution >= 4 is 23.8 Å². The molecule has 0 bridgehead atoms. The maximum absolute atomic E-state index is 14.1. The van der Waals surface area contributed by atoms with Crippen molar-refractivity contribution in [2.45, 2.75) is 91.1 Å². The molecule has 4 amide bonds. The molecule has 0 aliphatic heterocycles. The number of rotatable bonds is 17. The normalized spacial score (nSPS) is 14.3. The number of carboxylic acid groups (broad SMARTS) is 1. The maximum Gasteiger partial charge on any atom is 0.405 e. The van der Waals surface area contributed by atoms with E-state index < -0.39 is 64.9 Å². The summed E-state index contributed by atoms with van der Waals surface area (Å²) in [7, 11) is 0. The average molecular weight is 766 g/mol. The fourth-order valence-electron chi connectivity index (χ4n) is 6.32.